The van der Waals surface area contributed by atoms with Gasteiger partial charge in [-0.25, -0.2) is 9.78 Å². The van der Waals surface area contributed by atoms with Crippen molar-refractivity contribution in [3.05, 3.63) is 28.5 Å². The molecule has 0 aliphatic rings. The molecule has 1 heterocycles. The van der Waals surface area contributed by atoms with E-state index in [1.54, 1.807) is 20.8 Å². The maximum absolute atomic E-state index is 12.9. The molecule has 136 valence electrons. The van der Waals surface area contributed by atoms with E-state index < -0.39 is 28.6 Å². The molecule has 1 unspecified atom stereocenters. The number of alkyl carbamates (subject to hydrolysis) is 1. The van der Waals surface area contributed by atoms with Gasteiger partial charge in [-0.15, -0.1) is 0 Å². The average Bonchev–Trinajstić information content (AvgIpc) is 2.42. The first-order chi connectivity index (χ1) is 10.9. The van der Waals surface area contributed by atoms with Crippen LogP contribution in [0.2, 0.25) is 5.15 Å². The first kappa shape index (κ1) is 20.5. The zero-order valence-corrected chi connectivity index (χ0v) is 14.9. The van der Waals surface area contributed by atoms with Gasteiger partial charge in [-0.1, -0.05) is 24.9 Å². The van der Waals surface area contributed by atoms with Crippen molar-refractivity contribution in [2.45, 2.75) is 52.3 Å². The zero-order chi connectivity index (χ0) is 18.5. The van der Waals surface area contributed by atoms with Gasteiger partial charge in [-0.05, 0) is 44.7 Å². The number of alkyl halides is 3. The van der Waals surface area contributed by atoms with Crippen LogP contribution in [-0.4, -0.2) is 23.2 Å². The maximum Gasteiger partial charge on any atom is 0.419 e. The largest absolute Gasteiger partial charge is 0.444 e. The standard InChI is InChI=1S/C16H22ClF3N2O2/c1-5-10(8-22-14(23)24-15(2,3)4)6-11-7-12(16(18,19)20)13(17)21-9-11/h7,9-10H,5-6,8H2,1-4H3,(H,22,23). The molecule has 1 atom stereocenters. The summed E-state index contributed by atoms with van der Waals surface area (Å²) >= 11 is 5.51. The molecule has 0 aliphatic heterocycles. The van der Waals surface area contributed by atoms with Crippen molar-refractivity contribution in [3.63, 3.8) is 0 Å². The molecule has 0 bridgehead atoms. The lowest BCUT2D eigenvalue weighted by Gasteiger charge is -2.21. The molecule has 0 aromatic carbocycles. The molecule has 0 spiro atoms. The van der Waals surface area contributed by atoms with Gasteiger partial charge in [0.15, 0.2) is 0 Å². The molecule has 1 amide bonds. The molecule has 8 heteroatoms. The van der Waals surface area contributed by atoms with Crippen LogP contribution in [0.25, 0.3) is 0 Å². The second-order valence-corrected chi connectivity index (χ2v) is 6.90. The van der Waals surface area contributed by atoms with Crippen LogP contribution in [0.15, 0.2) is 12.3 Å². The molecule has 24 heavy (non-hydrogen) atoms. The lowest BCUT2D eigenvalue weighted by atomic mass is 9.97. The van der Waals surface area contributed by atoms with Gasteiger partial charge in [-0.2, -0.15) is 13.2 Å². The molecule has 4 nitrogen and oxygen atoms in total. The summed E-state index contributed by atoms with van der Waals surface area (Å²) in [6.45, 7) is 7.45. The van der Waals surface area contributed by atoms with Crippen molar-refractivity contribution in [1.29, 1.82) is 0 Å². The Bertz CT molecular complexity index is 571. The van der Waals surface area contributed by atoms with Crippen LogP contribution in [0.5, 0.6) is 0 Å². The minimum atomic E-state index is -4.55. The highest BCUT2D eigenvalue weighted by atomic mass is 35.5. The molecule has 0 radical (unpaired) electrons. The van der Waals surface area contributed by atoms with Crippen LogP contribution in [0.3, 0.4) is 0 Å². The lowest BCUT2D eigenvalue weighted by Crippen LogP contribution is -2.35. The Hall–Kier alpha value is -1.50. The summed E-state index contributed by atoms with van der Waals surface area (Å²) in [5.74, 6) is -0.0402. The quantitative estimate of drug-likeness (QED) is 0.758. The van der Waals surface area contributed by atoms with E-state index in [0.29, 0.717) is 24.9 Å². The van der Waals surface area contributed by atoms with Gasteiger partial charge in [0.05, 0.1) is 5.56 Å². The second-order valence-electron chi connectivity index (χ2n) is 6.54. The number of pyridine rings is 1. The fourth-order valence-electron chi connectivity index (χ4n) is 2.04. The topological polar surface area (TPSA) is 51.2 Å². The number of ether oxygens (including phenoxy) is 1. The Kier molecular flexibility index (Phi) is 6.89. The summed E-state index contributed by atoms with van der Waals surface area (Å²) in [6.07, 6.45) is -2.74. The van der Waals surface area contributed by atoms with E-state index in [2.05, 4.69) is 10.3 Å². The van der Waals surface area contributed by atoms with Crippen molar-refractivity contribution in [2.75, 3.05) is 6.54 Å². The summed E-state index contributed by atoms with van der Waals surface area (Å²) in [6, 6.07) is 1.01. The van der Waals surface area contributed by atoms with Crippen molar-refractivity contribution in [1.82, 2.24) is 10.3 Å². The second kappa shape index (κ2) is 8.05. The zero-order valence-electron chi connectivity index (χ0n) is 14.1. The highest BCUT2D eigenvalue weighted by Gasteiger charge is 2.34. The van der Waals surface area contributed by atoms with Gasteiger partial charge in [0, 0.05) is 12.7 Å². The average molecular weight is 367 g/mol. The maximum atomic E-state index is 12.9. The van der Waals surface area contributed by atoms with Gasteiger partial charge < -0.3 is 10.1 Å². The molecule has 0 saturated carbocycles. The van der Waals surface area contributed by atoms with E-state index in [9.17, 15) is 18.0 Å². The van der Waals surface area contributed by atoms with Crippen LogP contribution in [0.4, 0.5) is 18.0 Å². The Balaban J connectivity index is 2.71. The van der Waals surface area contributed by atoms with Gasteiger partial charge in [0.1, 0.15) is 10.8 Å². The Morgan fingerprint density at radius 3 is 2.50 bits per heavy atom. The van der Waals surface area contributed by atoms with Gasteiger partial charge in [0.2, 0.25) is 0 Å². The number of nitrogens with one attached hydrogen (secondary N) is 1. The molecule has 0 saturated heterocycles. The number of carbonyl (C=O) groups is 1. The third kappa shape index (κ3) is 6.95. The van der Waals surface area contributed by atoms with Crippen LogP contribution >= 0.6 is 11.6 Å². The molecule has 1 N–H and O–H groups in total. The van der Waals surface area contributed by atoms with E-state index in [4.69, 9.17) is 16.3 Å². The highest BCUT2D eigenvalue weighted by molar-refractivity contribution is 6.30. The number of hydrogen-bond donors (Lipinski definition) is 1. The number of amides is 1. The smallest absolute Gasteiger partial charge is 0.419 e. The van der Waals surface area contributed by atoms with Gasteiger partial charge >= 0.3 is 12.3 Å². The SMILES string of the molecule is CCC(CNC(=O)OC(C)(C)C)Cc1cnc(Cl)c(C(F)(F)F)c1. The first-order valence-electron chi connectivity index (χ1n) is 7.61. The monoisotopic (exact) mass is 366 g/mol. The summed E-state index contributed by atoms with van der Waals surface area (Å²) in [5, 5.41) is 2.07. The molecule has 1 aromatic heterocycles. The summed E-state index contributed by atoms with van der Waals surface area (Å²) in [7, 11) is 0. The number of aromatic nitrogens is 1. The lowest BCUT2D eigenvalue weighted by molar-refractivity contribution is -0.137. The summed E-state index contributed by atoms with van der Waals surface area (Å²) in [5.41, 5.74) is -1.13. The van der Waals surface area contributed by atoms with Gasteiger partial charge in [-0.3, -0.25) is 0 Å². The summed E-state index contributed by atoms with van der Waals surface area (Å²) < 4.78 is 43.7. The summed E-state index contributed by atoms with van der Waals surface area (Å²) in [4.78, 5) is 15.3. The molecule has 0 fully saturated rings. The number of carbonyl (C=O) groups excluding carboxylic acids is 1. The Morgan fingerprint density at radius 1 is 1.38 bits per heavy atom. The predicted octanol–water partition coefficient (Wildman–Crippen LogP) is 4.85. The van der Waals surface area contributed by atoms with Crippen LogP contribution < -0.4 is 5.32 Å². The number of rotatable bonds is 5. The van der Waals surface area contributed by atoms with Crippen LogP contribution in [-0.2, 0) is 17.3 Å². The minimum Gasteiger partial charge on any atom is -0.444 e. The van der Waals surface area contributed by atoms with Crippen LogP contribution in [0, 0.1) is 5.92 Å². The van der Waals surface area contributed by atoms with E-state index in [1.807, 2.05) is 6.92 Å². The number of halogens is 4. The molecular formula is C16H22ClF3N2O2. The normalized spacial score (nSPS) is 13.5. The first-order valence-corrected chi connectivity index (χ1v) is 7.98. The fourth-order valence-corrected chi connectivity index (χ4v) is 2.25. The Morgan fingerprint density at radius 2 is 2.00 bits per heavy atom. The highest BCUT2D eigenvalue weighted by Crippen LogP contribution is 2.34. The molecular weight excluding hydrogens is 345 g/mol. The van der Waals surface area contributed by atoms with Crippen LogP contribution in [0.1, 0.15) is 45.2 Å². The minimum absolute atomic E-state index is 0.0402. The fraction of sp³-hybridized carbons (Fsp3) is 0.625. The molecule has 1 aromatic rings. The molecule has 0 aliphatic carbocycles. The van der Waals surface area contributed by atoms with Crippen molar-refractivity contribution in [2.24, 2.45) is 5.92 Å². The van der Waals surface area contributed by atoms with E-state index in [0.717, 1.165) is 6.07 Å². The third-order valence-electron chi connectivity index (χ3n) is 3.24. The predicted molar refractivity (Wildman–Crippen MR) is 86.0 cm³/mol. The van der Waals surface area contributed by atoms with E-state index >= 15 is 0 Å². The molecule has 1 rings (SSSR count). The van der Waals surface area contributed by atoms with Gasteiger partial charge in [0.25, 0.3) is 0 Å². The number of hydrogen-bond acceptors (Lipinski definition) is 3. The van der Waals surface area contributed by atoms with E-state index in [-0.39, 0.29) is 5.92 Å². The Labute approximate surface area is 144 Å². The van der Waals surface area contributed by atoms with Crippen molar-refractivity contribution >= 4 is 17.7 Å². The van der Waals surface area contributed by atoms with Crippen molar-refractivity contribution < 1.29 is 22.7 Å². The van der Waals surface area contributed by atoms with E-state index in [1.165, 1.54) is 6.20 Å². The van der Waals surface area contributed by atoms with Crippen molar-refractivity contribution in [3.8, 4) is 0 Å². The third-order valence-corrected chi connectivity index (χ3v) is 3.54. The number of nitrogens with zero attached hydrogens (tertiary/aromatic N) is 1.